The van der Waals surface area contributed by atoms with Gasteiger partial charge in [-0.3, -0.25) is 28.8 Å². The lowest BCUT2D eigenvalue weighted by Crippen LogP contribution is -2.59. The first kappa shape index (κ1) is 44.5. The van der Waals surface area contributed by atoms with E-state index in [1.54, 1.807) is 30.5 Å². The molecular formula is C45H55N9O6. The minimum absolute atomic E-state index is 0.0139. The summed E-state index contributed by atoms with van der Waals surface area (Å²) >= 11 is 0. The van der Waals surface area contributed by atoms with Gasteiger partial charge in [0.05, 0.1) is 6.04 Å². The van der Waals surface area contributed by atoms with Crippen molar-refractivity contribution in [2.24, 2.45) is 17.2 Å². The van der Waals surface area contributed by atoms with E-state index in [1.807, 2.05) is 72.8 Å². The maximum atomic E-state index is 14.3. The van der Waals surface area contributed by atoms with Crippen molar-refractivity contribution in [2.45, 2.75) is 88.6 Å². The van der Waals surface area contributed by atoms with Crippen molar-refractivity contribution in [3.63, 3.8) is 0 Å². The maximum absolute atomic E-state index is 14.3. The molecule has 15 nitrogen and oxygen atoms in total. The van der Waals surface area contributed by atoms with E-state index < -0.39 is 71.7 Å². The standard InChI is InChI=1S/C45H55N9O6/c1-27(47)41(56)52-38(24-30-19-20-31-14-6-7-15-32(31)22-30)43(58)50-28(2)42(57)53-39(25-33-26-49-35-17-9-8-16-34(33)35)45(60)54-37(23-29-12-4-3-5-13-29)44(59)51-36(40(48)55)18-10-11-21-46/h3-9,12-17,19-20,22,26-28,36-39,49H,10-11,18,21,23-25,46-47H2,1-2H3,(H2,48,55)(H,50,58)(H,51,59)(H,52,56)(H,53,57)(H,54,60)/t27?,28-,36-,37+,38+,39-/m0/s1. The maximum Gasteiger partial charge on any atom is 0.243 e. The molecule has 0 aliphatic rings. The number of aromatic amines is 1. The Hall–Kier alpha value is -6.58. The van der Waals surface area contributed by atoms with Gasteiger partial charge in [-0.2, -0.15) is 0 Å². The van der Waals surface area contributed by atoms with Crippen LogP contribution in [0.5, 0.6) is 0 Å². The number of hydrogen-bond donors (Lipinski definition) is 9. The molecule has 6 atom stereocenters. The third-order valence-corrected chi connectivity index (χ3v) is 10.3. The molecule has 0 radical (unpaired) electrons. The van der Waals surface area contributed by atoms with Gasteiger partial charge in [0.15, 0.2) is 0 Å². The predicted octanol–water partition coefficient (Wildman–Crippen LogP) is 1.75. The minimum atomic E-state index is -1.23. The number of carbonyl (C=O) groups excluding carboxylic acids is 6. The van der Waals surface area contributed by atoms with Crippen LogP contribution in [-0.2, 0) is 48.0 Å². The number of carbonyl (C=O) groups is 6. The number of rotatable bonds is 21. The predicted molar refractivity (Wildman–Crippen MR) is 231 cm³/mol. The van der Waals surface area contributed by atoms with Crippen molar-refractivity contribution in [3.8, 4) is 0 Å². The minimum Gasteiger partial charge on any atom is -0.368 e. The van der Waals surface area contributed by atoms with E-state index in [0.717, 1.165) is 38.4 Å². The summed E-state index contributed by atoms with van der Waals surface area (Å²) in [6, 6.07) is 23.4. The Labute approximate surface area is 349 Å². The van der Waals surface area contributed by atoms with Crippen molar-refractivity contribution >= 4 is 57.1 Å². The normalized spacial score (nSPS) is 14.2. The lowest BCUT2D eigenvalue weighted by molar-refractivity contribution is -0.134. The molecule has 5 aromatic rings. The van der Waals surface area contributed by atoms with Gasteiger partial charge in [-0.25, -0.2) is 0 Å². The fraction of sp³-hybridized carbons (Fsp3) is 0.333. The Kier molecular flexibility index (Phi) is 15.9. The highest BCUT2D eigenvalue weighted by atomic mass is 16.2. The molecular weight excluding hydrogens is 763 g/mol. The first-order valence-electron chi connectivity index (χ1n) is 20.2. The van der Waals surface area contributed by atoms with Crippen molar-refractivity contribution < 1.29 is 28.8 Å². The zero-order chi connectivity index (χ0) is 43.2. The van der Waals surface area contributed by atoms with Gasteiger partial charge < -0.3 is 48.8 Å². The Balaban J connectivity index is 1.37. The molecule has 0 saturated carbocycles. The lowest BCUT2D eigenvalue weighted by Gasteiger charge is -2.26. The number of fused-ring (bicyclic) bond motifs is 2. The Bertz CT molecular complexity index is 2280. The third-order valence-electron chi connectivity index (χ3n) is 10.3. The summed E-state index contributed by atoms with van der Waals surface area (Å²) in [5, 5.41) is 16.5. The molecule has 316 valence electrons. The summed E-state index contributed by atoms with van der Waals surface area (Å²) in [4.78, 5) is 84.2. The van der Waals surface area contributed by atoms with Gasteiger partial charge in [-0.1, -0.05) is 91.0 Å². The second-order valence-electron chi connectivity index (χ2n) is 15.1. The highest BCUT2D eigenvalue weighted by Gasteiger charge is 2.32. The molecule has 0 fully saturated rings. The second-order valence-corrected chi connectivity index (χ2v) is 15.1. The van der Waals surface area contributed by atoms with E-state index in [4.69, 9.17) is 17.2 Å². The van der Waals surface area contributed by atoms with Crippen molar-refractivity contribution in [3.05, 3.63) is 120 Å². The van der Waals surface area contributed by atoms with Gasteiger partial charge in [-0.15, -0.1) is 0 Å². The molecule has 15 heteroatoms. The number of nitrogens with one attached hydrogen (secondary N) is 6. The number of primary amides is 1. The molecule has 4 aromatic carbocycles. The van der Waals surface area contributed by atoms with Crippen LogP contribution in [-0.4, -0.2) is 83.2 Å². The number of para-hydroxylation sites is 1. The van der Waals surface area contributed by atoms with Gasteiger partial charge in [-0.05, 0) is 73.2 Å². The van der Waals surface area contributed by atoms with E-state index >= 15 is 0 Å². The van der Waals surface area contributed by atoms with E-state index in [9.17, 15) is 28.8 Å². The first-order valence-corrected chi connectivity index (χ1v) is 20.2. The number of nitrogens with two attached hydrogens (primary N) is 3. The fourth-order valence-electron chi connectivity index (χ4n) is 6.90. The number of amides is 6. The van der Waals surface area contributed by atoms with E-state index in [1.165, 1.54) is 13.8 Å². The summed E-state index contributed by atoms with van der Waals surface area (Å²) in [5.41, 5.74) is 20.2. The van der Waals surface area contributed by atoms with Crippen LogP contribution < -0.4 is 43.8 Å². The molecule has 0 aliphatic carbocycles. The second kappa shape index (κ2) is 21.4. The largest absolute Gasteiger partial charge is 0.368 e. The lowest BCUT2D eigenvalue weighted by atomic mass is 10.0. The summed E-state index contributed by atoms with van der Waals surface area (Å²) in [7, 11) is 0. The molecule has 60 heavy (non-hydrogen) atoms. The zero-order valence-corrected chi connectivity index (χ0v) is 33.9. The fourth-order valence-corrected chi connectivity index (χ4v) is 6.90. The van der Waals surface area contributed by atoms with Crippen LogP contribution in [0, 0.1) is 0 Å². The molecule has 0 bridgehead atoms. The summed E-state index contributed by atoms with van der Waals surface area (Å²) in [5.74, 6) is -3.90. The van der Waals surface area contributed by atoms with Gasteiger partial charge in [0.2, 0.25) is 35.4 Å². The number of benzene rings is 4. The smallest absolute Gasteiger partial charge is 0.243 e. The average molecular weight is 818 g/mol. The third kappa shape index (κ3) is 12.5. The molecule has 0 saturated heterocycles. The van der Waals surface area contributed by atoms with Crippen molar-refractivity contribution in [1.29, 1.82) is 0 Å². The molecule has 12 N–H and O–H groups in total. The van der Waals surface area contributed by atoms with Crippen LogP contribution in [0.4, 0.5) is 0 Å². The average Bonchev–Trinajstić information content (AvgIpc) is 3.65. The van der Waals surface area contributed by atoms with E-state index in [0.29, 0.717) is 19.4 Å². The molecule has 1 heterocycles. The Morgan fingerprint density at radius 3 is 1.83 bits per heavy atom. The van der Waals surface area contributed by atoms with Crippen LogP contribution in [0.25, 0.3) is 21.7 Å². The van der Waals surface area contributed by atoms with Crippen LogP contribution in [0.15, 0.2) is 103 Å². The van der Waals surface area contributed by atoms with Crippen LogP contribution in [0.2, 0.25) is 0 Å². The topological polar surface area (TPSA) is 256 Å². The van der Waals surface area contributed by atoms with Crippen molar-refractivity contribution in [1.82, 2.24) is 31.6 Å². The van der Waals surface area contributed by atoms with Crippen molar-refractivity contribution in [2.75, 3.05) is 6.54 Å². The molecule has 1 aromatic heterocycles. The van der Waals surface area contributed by atoms with Gasteiger partial charge in [0, 0.05) is 36.4 Å². The molecule has 0 aliphatic heterocycles. The van der Waals surface area contributed by atoms with E-state index in [2.05, 4.69) is 31.6 Å². The summed E-state index contributed by atoms with van der Waals surface area (Å²) in [6.07, 6.45) is 3.39. The summed E-state index contributed by atoms with van der Waals surface area (Å²) < 4.78 is 0. The van der Waals surface area contributed by atoms with Gasteiger partial charge in [0.25, 0.3) is 0 Å². The zero-order valence-electron chi connectivity index (χ0n) is 33.9. The molecule has 6 amide bonds. The molecule has 0 spiro atoms. The number of unbranched alkanes of at least 4 members (excludes halogenated alkanes) is 1. The van der Waals surface area contributed by atoms with Crippen LogP contribution in [0.3, 0.4) is 0 Å². The Morgan fingerprint density at radius 1 is 0.583 bits per heavy atom. The van der Waals surface area contributed by atoms with Crippen LogP contribution in [0.1, 0.15) is 49.8 Å². The number of hydrogen-bond acceptors (Lipinski definition) is 8. The van der Waals surface area contributed by atoms with Crippen LogP contribution >= 0.6 is 0 Å². The highest BCUT2D eigenvalue weighted by Crippen LogP contribution is 2.20. The number of aromatic nitrogens is 1. The SMILES string of the molecule is CC(N)C(=O)N[C@H](Cc1ccc2ccccc2c1)C(=O)N[C@@H](C)C(=O)N[C@@H](Cc1c[nH]c2ccccc12)C(=O)N[C@H](Cc1ccccc1)C(=O)N[C@@H](CCCCN)C(N)=O. The summed E-state index contributed by atoms with van der Waals surface area (Å²) in [6.45, 7) is 3.38. The van der Waals surface area contributed by atoms with Gasteiger partial charge in [0.1, 0.15) is 30.2 Å². The highest BCUT2D eigenvalue weighted by molar-refractivity contribution is 5.97. The first-order chi connectivity index (χ1) is 28.8. The quantitative estimate of drug-likeness (QED) is 0.0492. The molecule has 1 unspecified atom stereocenters. The number of H-pyrrole nitrogens is 1. The monoisotopic (exact) mass is 817 g/mol. The molecule has 5 rings (SSSR count). The van der Waals surface area contributed by atoms with E-state index in [-0.39, 0.29) is 25.7 Å². The van der Waals surface area contributed by atoms with Gasteiger partial charge >= 0.3 is 0 Å². The Morgan fingerprint density at radius 2 is 1.15 bits per heavy atom.